The first-order valence-electron chi connectivity index (χ1n) is 12.6. The van der Waals surface area contributed by atoms with Crippen molar-refractivity contribution in [1.82, 2.24) is 4.72 Å². The van der Waals surface area contributed by atoms with E-state index in [1.807, 2.05) is 36.0 Å². The Labute approximate surface area is 218 Å². The zero-order chi connectivity index (χ0) is 24.7. The van der Waals surface area contributed by atoms with Gasteiger partial charge in [0.15, 0.2) is 0 Å². The van der Waals surface area contributed by atoms with Gasteiger partial charge in [-0.05, 0) is 107 Å². The molecule has 188 valence electrons. The maximum absolute atomic E-state index is 13.5. The maximum atomic E-state index is 13.5. The van der Waals surface area contributed by atoms with Gasteiger partial charge in [-0.1, -0.05) is 6.07 Å². The quantitative estimate of drug-likeness (QED) is 0.409. The zero-order valence-corrected chi connectivity index (χ0v) is 22.9. The average molecular weight is 512 g/mol. The molecular weight excluding hydrogens is 474 g/mol. The van der Waals surface area contributed by atoms with Gasteiger partial charge < -0.3 is 15.0 Å². The van der Waals surface area contributed by atoms with Crippen molar-refractivity contribution in [3.63, 3.8) is 0 Å². The van der Waals surface area contributed by atoms with Crippen LogP contribution >= 0.6 is 23.7 Å². The Morgan fingerprint density at radius 1 is 1.00 bits per heavy atom. The van der Waals surface area contributed by atoms with Crippen LogP contribution in [0, 0.1) is 5.41 Å². The zero-order valence-electron chi connectivity index (χ0n) is 21.3. The molecule has 2 saturated heterocycles. The Bertz CT molecular complexity index is 1080. The molecular formula is C28H37N3O2S2. The molecule has 2 aliphatic heterocycles. The van der Waals surface area contributed by atoms with Gasteiger partial charge in [-0.3, -0.25) is 9.52 Å². The van der Waals surface area contributed by atoms with Crippen LogP contribution in [-0.2, 0) is 4.74 Å². The molecule has 2 aromatic rings. The minimum Gasteiger partial charge on any atom is -0.378 e. The summed E-state index contributed by atoms with van der Waals surface area (Å²) in [5.74, 6) is -0.0487. The van der Waals surface area contributed by atoms with Crippen LogP contribution in [0.3, 0.4) is 0 Å². The van der Waals surface area contributed by atoms with Crippen LogP contribution < -0.4 is 14.9 Å². The fourth-order valence-electron chi connectivity index (χ4n) is 4.71. The Kier molecular flexibility index (Phi) is 6.90. The summed E-state index contributed by atoms with van der Waals surface area (Å²) < 4.78 is 9.02. The van der Waals surface area contributed by atoms with Gasteiger partial charge in [0.05, 0.1) is 29.2 Å². The number of anilines is 2. The molecule has 1 amide bonds. The number of amides is 1. The van der Waals surface area contributed by atoms with Gasteiger partial charge in [0.25, 0.3) is 5.91 Å². The first-order chi connectivity index (χ1) is 16.6. The first-order valence-corrected chi connectivity index (χ1v) is 14.3. The summed E-state index contributed by atoms with van der Waals surface area (Å²) in [5, 5.41) is 3.16. The molecule has 0 radical (unpaired) electrons. The third-order valence-corrected chi connectivity index (χ3v) is 9.50. The van der Waals surface area contributed by atoms with Crippen LogP contribution in [0.1, 0.15) is 63.7 Å². The van der Waals surface area contributed by atoms with Crippen molar-refractivity contribution in [3.05, 3.63) is 48.0 Å². The lowest BCUT2D eigenvalue weighted by molar-refractivity contribution is -0.0000310. The molecule has 1 saturated carbocycles. The topological polar surface area (TPSA) is 53.6 Å². The normalized spacial score (nSPS) is 20.4. The number of hydrogen-bond acceptors (Lipinski definition) is 6. The largest absolute Gasteiger partial charge is 0.378 e. The van der Waals surface area contributed by atoms with Crippen molar-refractivity contribution >= 4 is 41.0 Å². The molecule has 3 aliphatic rings. The minimum absolute atomic E-state index is 0.00867. The van der Waals surface area contributed by atoms with Crippen LogP contribution in [0.15, 0.2) is 52.3 Å². The van der Waals surface area contributed by atoms with E-state index >= 15 is 0 Å². The molecule has 2 heterocycles. The number of nitrogens with one attached hydrogen (secondary N) is 2. The van der Waals surface area contributed by atoms with Crippen LogP contribution in [0.25, 0.3) is 0 Å². The minimum atomic E-state index is -0.0487. The molecule has 0 atom stereocenters. The summed E-state index contributed by atoms with van der Waals surface area (Å²) in [6, 6.07) is 14.4. The van der Waals surface area contributed by atoms with Gasteiger partial charge in [0.2, 0.25) is 0 Å². The number of benzene rings is 2. The van der Waals surface area contributed by atoms with Crippen molar-refractivity contribution < 1.29 is 9.53 Å². The molecule has 0 aromatic heterocycles. The van der Waals surface area contributed by atoms with Crippen LogP contribution in [0.4, 0.5) is 11.4 Å². The summed E-state index contributed by atoms with van der Waals surface area (Å²) in [4.78, 5) is 18.2. The highest BCUT2D eigenvalue weighted by atomic mass is 32.2. The Balaban J connectivity index is 1.35. The van der Waals surface area contributed by atoms with Crippen LogP contribution in [-0.4, -0.2) is 42.5 Å². The number of nitrogens with zero attached hydrogens (tertiary/aromatic N) is 1. The van der Waals surface area contributed by atoms with E-state index in [-0.39, 0.29) is 16.2 Å². The number of piperidine rings is 1. The van der Waals surface area contributed by atoms with Gasteiger partial charge in [-0.2, -0.15) is 0 Å². The second kappa shape index (κ2) is 9.66. The van der Waals surface area contributed by atoms with Crippen molar-refractivity contribution in [2.45, 2.75) is 73.5 Å². The fraction of sp³-hybridized carbons (Fsp3) is 0.536. The molecule has 0 unspecified atom stereocenters. The molecule has 5 rings (SSSR count). The van der Waals surface area contributed by atoms with Crippen molar-refractivity contribution in [2.24, 2.45) is 5.41 Å². The highest BCUT2D eigenvalue weighted by molar-refractivity contribution is 8.00. The van der Waals surface area contributed by atoms with Gasteiger partial charge in [-0.25, -0.2) is 0 Å². The number of rotatable bonds is 7. The lowest BCUT2D eigenvalue weighted by Gasteiger charge is -2.38. The lowest BCUT2D eigenvalue weighted by Crippen LogP contribution is -2.43. The van der Waals surface area contributed by atoms with E-state index in [1.54, 1.807) is 11.9 Å². The summed E-state index contributed by atoms with van der Waals surface area (Å²) in [7, 11) is 0. The number of carbonyl (C=O) groups excluding carboxylic acids is 1. The molecule has 2 aromatic carbocycles. The van der Waals surface area contributed by atoms with E-state index in [0.717, 1.165) is 48.1 Å². The third-order valence-electron chi connectivity index (χ3n) is 7.08. The summed E-state index contributed by atoms with van der Waals surface area (Å²) >= 11 is 3.45. The molecule has 5 nitrogen and oxygen atoms in total. The third kappa shape index (κ3) is 6.19. The molecule has 7 heteroatoms. The highest BCUT2D eigenvalue weighted by Crippen LogP contribution is 2.54. The van der Waals surface area contributed by atoms with Crippen molar-refractivity contribution in [3.8, 4) is 0 Å². The smallest absolute Gasteiger partial charge is 0.257 e. The van der Waals surface area contributed by atoms with E-state index in [1.165, 1.54) is 30.6 Å². The average Bonchev–Trinajstić information content (AvgIpc) is 3.55. The van der Waals surface area contributed by atoms with Crippen LogP contribution in [0.5, 0.6) is 0 Å². The van der Waals surface area contributed by atoms with E-state index < -0.39 is 0 Å². The fourth-order valence-corrected chi connectivity index (χ4v) is 6.62. The molecule has 1 spiro atoms. The maximum Gasteiger partial charge on any atom is 0.257 e. The predicted molar refractivity (Wildman–Crippen MR) is 148 cm³/mol. The number of thioether (sulfide) groups is 1. The molecule has 2 N–H and O–H groups in total. The highest BCUT2D eigenvalue weighted by Gasteiger charge is 2.44. The summed E-state index contributed by atoms with van der Waals surface area (Å²) in [6.07, 6.45) is 5.22. The van der Waals surface area contributed by atoms with Gasteiger partial charge >= 0.3 is 0 Å². The number of hydrogen-bond donors (Lipinski definition) is 2. The SMILES string of the molecule is CC(C)(C)NSc1cccc(NC(=O)c2ccc(SC3(C)COC3)cc2N2CCC3(CC2)CC3)c1. The number of ether oxygens (including phenoxy) is 1. The van der Waals surface area contributed by atoms with Gasteiger partial charge in [-0.15, -0.1) is 11.8 Å². The summed E-state index contributed by atoms with van der Waals surface area (Å²) in [6.45, 7) is 12.3. The van der Waals surface area contributed by atoms with Gasteiger partial charge in [0.1, 0.15) is 0 Å². The van der Waals surface area contributed by atoms with E-state index in [0.29, 0.717) is 5.41 Å². The van der Waals surface area contributed by atoms with E-state index in [9.17, 15) is 4.79 Å². The molecule has 3 fully saturated rings. The van der Waals surface area contributed by atoms with Crippen molar-refractivity contribution in [2.75, 3.05) is 36.5 Å². The molecule has 0 bridgehead atoms. The van der Waals surface area contributed by atoms with Crippen LogP contribution in [0.2, 0.25) is 0 Å². The molecule has 1 aliphatic carbocycles. The lowest BCUT2D eigenvalue weighted by atomic mass is 9.93. The standard InChI is InChI=1S/C28H37N3O2S2/c1-26(2,3)30-35-22-7-5-6-20(16-22)29-25(32)23-9-8-21(34-27(4)18-33-19-27)17-24(23)31-14-12-28(10-11-28)13-15-31/h5-9,16-17,30H,10-15,18-19H2,1-4H3,(H,29,32). The predicted octanol–water partition coefficient (Wildman–Crippen LogP) is 6.60. The van der Waals surface area contributed by atoms with Crippen molar-refractivity contribution in [1.29, 1.82) is 0 Å². The Morgan fingerprint density at radius 2 is 1.74 bits per heavy atom. The van der Waals surface area contributed by atoms with E-state index in [4.69, 9.17) is 4.74 Å². The first kappa shape index (κ1) is 25.0. The number of carbonyl (C=O) groups is 1. The Hall–Kier alpha value is -1.67. The Morgan fingerprint density at radius 3 is 2.37 bits per heavy atom. The second-order valence-electron chi connectivity index (χ2n) is 11.6. The monoisotopic (exact) mass is 511 g/mol. The summed E-state index contributed by atoms with van der Waals surface area (Å²) in [5.41, 5.74) is 3.24. The van der Waals surface area contributed by atoms with E-state index in [2.05, 4.69) is 60.8 Å². The molecule has 35 heavy (non-hydrogen) atoms. The van der Waals surface area contributed by atoms with Gasteiger partial charge in [0, 0.05) is 34.1 Å². The second-order valence-corrected chi connectivity index (χ2v) is 14.2.